The second kappa shape index (κ2) is 5.60. The molecule has 8 nitrogen and oxygen atoms in total. The Morgan fingerprint density at radius 2 is 2.15 bits per heavy atom. The van der Waals surface area contributed by atoms with Crippen LogP contribution in [0, 0.1) is 0 Å². The highest BCUT2D eigenvalue weighted by Crippen LogP contribution is 2.22. The molecule has 0 saturated carbocycles. The van der Waals surface area contributed by atoms with E-state index in [1.807, 2.05) is 17.5 Å². The van der Waals surface area contributed by atoms with Crippen molar-refractivity contribution >= 4 is 31.3 Å². The summed E-state index contributed by atoms with van der Waals surface area (Å²) in [7, 11) is -6.76. The molecule has 0 unspecified atom stereocenters. The normalized spacial score (nSPS) is 12.5. The van der Waals surface area contributed by atoms with Crippen molar-refractivity contribution in [2.75, 3.05) is 12.5 Å². The lowest BCUT2D eigenvalue weighted by molar-refractivity contribution is 0.422. The van der Waals surface area contributed by atoms with Crippen molar-refractivity contribution in [3.63, 3.8) is 0 Å². The molecule has 0 aliphatic heterocycles. The quantitative estimate of drug-likeness (QED) is 0.866. The molecular formula is C9H12N4O4S3. The predicted octanol–water partition coefficient (Wildman–Crippen LogP) is 0.860. The lowest BCUT2D eigenvalue weighted by Crippen LogP contribution is -2.22. The van der Waals surface area contributed by atoms with Crippen LogP contribution in [0.2, 0.25) is 0 Å². The van der Waals surface area contributed by atoms with Crippen molar-refractivity contribution < 1.29 is 17.1 Å². The van der Waals surface area contributed by atoms with Crippen LogP contribution in [0.1, 0.15) is 5.82 Å². The number of thiophene rings is 1. The molecule has 2 heterocycles. The van der Waals surface area contributed by atoms with E-state index in [2.05, 4.69) is 18.6 Å². The van der Waals surface area contributed by atoms with Gasteiger partial charge in [-0.15, -0.1) is 11.3 Å². The van der Waals surface area contributed by atoms with Crippen LogP contribution in [0.5, 0.6) is 0 Å². The minimum Gasteiger partial charge on any atom is -0.333 e. The average Bonchev–Trinajstić information content (AvgIpc) is 2.94. The van der Waals surface area contributed by atoms with Gasteiger partial charge in [-0.25, -0.2) is 4.21 Å². The van der Waals surface area contributed by atoms with Crippen LogP contribution >= 0.6 is 11.3 Å². The highest BCUT2D eigenvalue weighted by molar-refractivity contribution is 8.01. The summed E-state index contributed by atoms with van der Waals surface area (Å²) in [6.07, 6.45) is 2.46. The Labute approximate surface area is 120 Å². The molecule has 0 spiro atoms. The third kappa shape index (κ3) is 4.37. The molecule has 0 aliphatic rings. The van der Waals surface area contributed by atoms with Crippen LogP contribution in [0.3, 0.4) is 0 Å². The largest absolute Gasteiger partial charge is 0.333 e. The van der Waals surface area contributed by atoms with Crippen LogP contribution < -0.4 is 4.72 Å². The van der Waals surface area contributed by atoms with Gasteiger partial charge in [0.2, 0.25) is 0 Å². The van der Waals surface area contributed by atoms with Gasteiger partial charge in [0, 0.05) is 12.5 Å². The minimum atomic E-state index is -4.00. The maximum absolute atomic E-state index is 11.5. The fourth-order valence-corrected chi connectivity index (χ4v) is 4.30. The molecule has 0 atom stereocenters. The highest BCUT2D eigenvalue weighted by atomic mass is 32.3. The molecule has 2 rings (SSSR count). The number of rotatable bonds is 5. The third-order valence-corrected chi connectivity index (χ3v) is 5.48. The van der Waals surface area contributed by atoms with E-state index in [1.165, 1.54) is 23.8 Å². The van der Waals surface area contributed by atoms with Crippen LogP contribution in [-0.2, 0) is 26.5 Å². The van der Waals surface area contributed by atoms with Gasteiger partial charge in [0.25, 0.3) is 5.89 Å². The van der Waals surface area contributed by atoms with E-state index in [-0.39, 0.29) is 12.4 Å². The van der Waals surface area contributed by atoms with Gasteiger partial charge in [0.15, 0.2) is 5.82 Å². The fraction of sp³-hybridized carbons (Fsp3) is 0.333. The molecule has 11 heteroatoms. The molecule has 2 aromatic heterocycles. The zero-order chi connectivity index (χ0) is 14.8. The predicted molar refractivity (Wildman–Crippen MR) is 75.8 cm³/mol. The topological polar surface area (TPSA) is 115 Å². The van der Waals surface area contributed by atoms with Crippen LogP contribution in [-0.4, -0.2) is 35.3 Å². The number of nitrogens with one attached hydrogen (secondary N) is 1. The van der Waals surface area contributed by atoms with Gasteiger partial charge in [-0.1, -0.05) is 15.0 Å². The Morgan fingerprint density at radius 3 is 2.75 bits per heavy atom. The fourth-order valence-electron chi connectivity index (χ4n) is 1.24. The van der Waals surface area contributed by atoms with Crippen molar-refractivity contribution in [1.82, 2.24) is 14.9 Å². The number of aromatic nitrogens is 2. The molecule has 110 valence electrons. The van der Waals surface area contributed by atoms with E-state index in [0.29, 0.717) is 5.89 Å². The first-order valence-corrected chi connectivity index (χ1v) is 9.95. The molecule has 0 radical (unpaired) electrons. The molecule has 0 amide bonds. The molecular weight excluding hydrogens is 324 g/mol. The van der Waals surface area contributed by atoms with Crippen LogP contribution in [0.15, 0.2) is 25.8 Å². The van der Waals surface area contributed by atoms with E-state index in [0.717, 1.165) is 4.88 Å². The second-order valence-corrected chi connectivity index (χ2v) is 9.19. The standard InChI is InChI=1S/C9H12N4O4S3/c1-19(2,14)13-20(15,16)10-6-8-11-9(17-12-8)7-4-3-5-18-7/h3-5,10H,6H2,1-2H3. The monoisotopic (exact) mass is 336 g/mol. The maximum Gasteiger partial charge on any atom is 0.328 e. The minimum absolute atomic E-state index is 0.172. The Morgan fingerprint density at radius 1 is 1.40 bits per heavy atom. The summed E-state index contributed by atoms with van der Waals surface area (Å²) in [5.41, 5.74) is 0. The van der Waals surface area contributed by atoms with Gasteiger partial charge in [-0.3, -0.25) is 0 Å². The average molecular weight is 336 g/mol. The van der Waals surface area contributed by atoms with Crippen molar-refractivity contribution in [3.05, 3.63) is 23.3 Å². The summed E-state index contributed by atoms with van der Waals surface area (Å²) in [4.78, 5) is 4.84. The number of hydrogen-bond donors (Lipinski definition) is 1. The molecule has 2 aromatic rings. The summed E-state index contributed by atoms with van der Waals surface area (Å²) < 4.78 is 44.7. The molecule has 0 bridgehead atoms. The summed E-state index contributed by atoms with van der Waals surface area (Å²) in [5, 5.41) is 5.51. The Kier molecular flexibility index (Phi) is 4.22. The first-order chi connectivity index (χ1) is 9.25. The first kappa shape index (κ1) is 15.1. The maximum atomic E-state index is 11.5. The van der Waals surface area contributed by atoms with Crippen molar-refractivity contribution in [2.45, 2.75) is 6.54 Å². The molecule has 0 aliphatic carbocycles. The van der Waals surface area contributed by atoms with Crippen molar-refractivity contribution in [1.29, 1.82) is 0 Å². The van der Waals surface area contributed by atoms with Crippen LogP contribution in [0.25, 0.3) is 10.8 Å². The van der Waals surface area contributed by atoms with Gasteiger partial charge in [-0.05, 0) is 11.4 Å². The molecule has 0 aromatic carbocycles. The lowest BCUT2D eigenvalue weighted by Gasteiger charge is -1.99. The number of hydrogen-bond acceptors (Lipinski definition) is 7. The Balaban J connectivity index is 2.08. The Hall–Kier alpha value is -1.30. The Bertz CT molecular complexity index is 792. The van der Waals surface area contributed by atoms with E-state index >= 15 is 0 Å². The lowest BCUT2D eigenvalue weighted by atomic mass is 10.5. The SMILES string of the molecule is CS(C)(=O)=NS(=O)(=O)NCc1noc(-c2cccs2)n1. The van der Waals surface area contributed by atoms with E-state index in [4.69, 9.17) is 4.52 Å². The summed E-state index contributed by atoms with van der Waals surface area (Å²) in [5.74, 6) is 0.492. The molecule has 0 fully saturated rings. The summed E-state index contributed by atoms with van der Waals surface area (Å²) in [6, 6.07) is 3.65. The third-order valence-electron chi connectivity index (χ3n) is 1.89. The molecule has 1 N–H and O–H groups in total. The van der Waals surface area contributed by atoms with Gasteiger partial charge >= 0.3 is 10.2 Å². The molecule has 20 heavy (non-hydrogen) atoms. The molecule has 0 saturated heterocycles. The summed E-state index contributed by atoms with van der Waals surface area (Å²) in [6.45, 7) is -0.184. The van der Waals surface area contributed by atoms with Gasteiger partial charge in [0.05, 0.1) is 21.2 Å². The van der Waals surface area contributed by atoms with E-state index < -0.39 is 19.9 Å². The van der Waals surface area contributed by atoms with Gasteiger partial charge in [-0.2, -0.15) is 18.1 Å². The van der Waals surface area contributed by atoms with Gasteiger partial charge in [0.1, 0.15) is 0 Å². The second-order valence-electron chi connectivity index (χ2n) is 4.05. The van der Waals surface area contributed by atoms with Crippen molar-refractivity contribution in [3.8, 4) is 10.8 Å². The first-order valence-electron chi connectivity index (χ1n) is 5.30. The highest BCUT2D eigenvalue weighted by Gasteiger charge is 2.14. The van der Waals surface area contributed by atoms with E-state index in [1.54, 1.807) is 0 Å². The zero-order valence-electron chi connectivity index (χ0n) is 10.6. The van der Waals surface area contributed by atoms with Crippen molar-refractivity contribution in [2.24, 2.45) is 3.77 Å². The van der Waals surface area contributed by atoms with E-state index in [9.17, 15) is 12.6 Å². The smallest absolute Gasteiger partial charge is 0.328 e. The van der Waals surface area contributed by atoms with Crippen LogP contribution in [0.4, 0.5) is 0 Å². The zero-order valence-corrected chi connectivity index (χ0v) is 13.1. The number of nitrogens with zero attached hydrogens (tertiary/aromatic N) is 3. The van der Waals surface area contributed by atoms with Gasteiger partial charge < -0.3 is 4.52 Å². The summed E-state index contributed by atoms with van der Waals surface area (Å²) >= 11 is 1.43.